The third-order valence-corrected chi connectivity index (χ3v) is 4.86. The highest BCUT2D eigenvalue weighted by molar-refractivity contribution is 5.91. The van der Waals surface area contributed by atoms with Crippen LogP contribution in [-0.4, -0.2) is 29.2 Å². The number of rotatable bonds is 8. The Labute approximate surface area is 172 Å². The van der Waals surface area contributed by atoms with E-state index in [9.17, 15) is 4.79 Å². The van der Waals surface area contributed by atoms with Crippen molar-refractivity contribution in [2.45, 2.75) is 20.0 Å². The van der Waals surface area contributed by atoms with Gasteiger partial charge in [-0.05, 0) is 42.3 Å². The first kappa shape index (κ1) is 20.3. The molecule has 0 radical (unpaired) electrons. The van der Waals surface area contributed by atoms with E-state index in [1.807, 2.05) is 48.7 Å². The molecule has 29 heavy (non-hydrogen) atoms. The zero-order valence-corrected chi connectivity index (χ0v) is 17.0. The minimum atomic E-state index is -0.196. The Morgan fingerprint density at radius 1 is 1.14 bits per heavy atom. The second-order valence-corrected chi connectivity index (χ2v) is 6.85. The number of hydrogen-bond acceptors (Lipinski definition) is 2. The summed E-state index contributed by atoms with van der Waals surface area (Å²) in [5.74, 6) is 0.627. The molecule has 5 heteroatoms. The van der Waals surface area contributed by atoms with Gasteiger partial charge in [-0.25, -0.2) is 4.79 Å². The number of aromatic nitrogens is 1. The molecule has 0 bridgehead atoms. The molecule has 150 valence electrons. The number of nitrogens with one attached hydrogen (secondary N) is 1. The summed E-state index contributed by atoms with van der Waals surface area (Å²) in [4.78, 5) is 14.6. The highest BCUT2D eigenvalue weighted by atomic mass is 16.5. The molecule has 1 heterocycles. The average molecular weight is 389 g/mol. The molecule has 2 amide bonds. The minimum Gasteiger partial charge on any atom is -0.495 e. The normalized spacial score (nSPS) is 10.4. The molecule has 1 aromatic heterocycles. The largest absolute Gasteiger partial charge is 0.495 e. The van der Waals surface area contributed by atoms with Crippen LogP contribution >= 0.6 is 0 Å². The third-order valence-electron chi connectivity index (χ3n) is 4.86. The molecule has 0 saturated heterocycles. The number of aryl methyl sites for hydroxylation is 1. The van der Waals surface area contributed by atoms with E-state index in [4.69, 9.17) is 4.74 Å². The molecule has 0 aliphatic carbocycles. The number of anilines is 1. The lowest BCUT2D eigenvalue weighted by atomic mass is 10.1. The molecule has 0 aliphatic heterocycles. The van der Waals surface area contributed by atoms with Gasteiger partial charge in [0.2, 0.25) is 0 Å². The molecular weight excluding hydrogens is 362 g/mol. The second-order valence-electron chi connectivity index (χ2n) is 6.85. The van der Waals surface area contributed by atoms with Gasteiger partial charge in [0.1, 0.15) is 5.75 Å². The summed E-state index contributed by atoms with van der Waals surface area (Å²) in [6.45, 7) is 7.60. The van der Waals surface area contributed by atoms with Crippen LogP contribution in [0.15, 0.2) is 79.5 Å². The summed E-state index contributed by atoms with van der Waals surface area (Å²) in [5.41, 5.74) is 4.22. The van der Waals surface area contributed by atoms with Gasteiger partial charge in [-0.2, -0.15) is 0 Å². The molecule has 3 rings (SSSR count). The molecule has 3 aromatic rings. The fourth-order valence-corrected chi connectivity index (χ4v) is 3.23. The maximum Gasteiger partial charge on any atom is 0.322 e. The molecule has 5 nitrogen and oxygen atoms in total. The number of urea groups is 1. The van der Waals surface area contributed by atoms with Gasteiger partial charge in [-0.3, -0.25) is 0 Å². The number of carbonyl (C=O) groups is 1. The standard InChI is InChI=1S/C24H27N3O2/c1-4-15-27(24(28)25-22-13-7-8-14-23(22)29-3)18-21-12-9-16-26(21)17-20-11-6-5-10-19(20)2/h4-14,16H,1,15,17-18H2,2-3H3,(H,25,28). The predicted octanol–water partition coefficient (Wildman–Crippen LogP) is 5.07. The number of benzene rings is 2. The second kappa shape index (κ2) is 9.64. The molecule has 0 spiro atoms. The number of amides is 2. The molecular formula is C24H27N3O2. The first-order valence-electron chi connectivity index (χ1n) is 9.60. The summed E-state index contributed by atoms with van der Waals surface area (Å²) in [7, 11) is 1.59. The summed E-state index contributed by atoms with van der Waals surface area (Å²) in [6, 6.07) is 19.6. The van der Waals surface area contributed by atoms with Crippen LogP contribution in [0.3, 0.4) is 0 Å². The average Bonchev–Trinajstić information content (AvgIpc) is 3.16. The first-order chi connectivity index (χ1) is 14.1. The number of carbonyl (C=O) groups excluding carboxylic acids is 1. The molecule has 0 atom stereocenters. The van der Waals surface area contributed by atoms with Crippen molar-refractivity contribution < 1.29 is 9.53 Å². The van der Waals surface area contributed by atoms with Crippen molar-refractivity contribution in [1.82, 2.24) is 9.47 Å². The van der Waals surface area contributed by atoms with Gasteiger partial charge < -0.3 is 19.5 Å². The third kappa shape index (κ3) is 5.08. The molecule has 2 aromatic carbocycles. The van der Waals surface area contributed by atoms with E-state index < -0.39 is 0 Å². The summed E-state index contributed by atoms with van der Waals surface area (Å²) < 4.78 is 7.51. The zero-order chi connectivity index (χ0) is 20.6. The SMILES string of the molecule is C=CCN(Cc1cccn1Cc1ccccc1C)C(=O)Nc1ccccc1OC. The highest BCUT2D eigenvalue weighted by Gasteiger charge is 2.16. The Balaban J connectivity index is 1.76. The van der Waals surface area contributed by atoms with Gasteiger partial charge in [-0.1, -0.05) is 42.5 Å². The van der Waals surface area contributed by atoms with Crippen LogP contribution in [0.25, 0.3) is 0 Å². The molecule has 0 saturated carbocycles. The van der Waals surface area contributed by atoms with Crippen molar-refractivity contribution >= 4 is 11.7 Å². The number of ether oxygens (including phenoxy) is 1. The summed E-state index contributed by atoms with van der Waals surface area (Å²) in [5, 5.41) is 2.94. The lowest BCUT2D eigenvalue weighted by Crippen LogP contribution is -2.35. The van der Waals surface area contributed by atoms with Crippen molar-refractivity contribution in [3.63, 3.8) is 0 Å². The minimum absolute atomic E-state index is 0.196. The van der Waals surface area contributed by atoms with E-state index in [1.54, 1.807) is 18.1 Å². The van der Waals surface area contributed by atoms with Gasteiger partial charge in [0.25, 0.3) is 0 Å². The number of nitrogens with zero attached hydrogens (tertiary/aromatic N) is 2. The fraction of sp³-hybridized carbons (Fsp3) is 0.208. The van der Waals surface area contributed by atoms with Gasteiger partial charge in [0.15, 0.2) is 0 Å². The van der Waals surface area contributed by atoms with Crippen molar-refractivity contribution in [2.75, 3.05) is 19.0 Å². The van der Waals surface area contributed by atoms with Gasteiger partial charge in [0.05, 0.1) is 19.3 Å². The smallest absolute Gasteiger partial charge is 0.322 e. The maximum atomic E-state index is 12.9. The van der Waals surface area contributed by atoms with Crippen LogP contribution in [0.5, 0.6) is 5.75 Å². The van der Waals surface area contributed by atoms with E-state index in [0.29, 0.717) is 24.5 Å². The summed E-state index contributed by atoms with van der Waals surface area (Å²) >= 11 is 0. The van der Waals surface area contributed by atoms with Crippen LogP contribution in [0, 0.1) is 6.92 Å². The first-order valence-corrected chi connectivity index (χ1v) is 9.60. The van der Waals surface area contributed by atoms with Crippen molar-refractivity contribution in [2.24, 2.45) is 0 Å². The fourth-order valence-electron chi connectivity index (χ4n) is 3.23. The van der Waals surface area contributed by atoms with Crippen molar-refractivity contribution in [3.05, 3.63) is 96.3 Å². The quantitative estimate of drug-likeness (QED) is 0.547. The van der Waals surface area contributed by atoms with E-state index >= 15 is 0 Å². The Morgan fingerprint density at radius 2 is 1.90 bits per heavy atom. The predicted molar refractivity (Wildman–Crippen MR) is 117 cm³/mol. The highest BCUT2D eigenvalue weighted by Crippen LogP contribution is 2.23. The monoisotopic (exact) mass is 389 g/mol. The Hall–Kier alpha value is -3.47. The van der Waals surface area contributed by atoms with Crippen LogP contribution in [-0.2, 0) is 13.1 Å². The summed E-state index contributed by atoms with van der Waals surface area (Å²) in [6.07, 6.45) is 3.78. The molecule has 0 aliphatic rings. The lowest BCUT2D eigenvalue weighted by Gasteiger charge is -2.23. The molecule has 0 fully saturated rings. The van der Waals surface area contributed by atoms with Crippen LogP contribution < -0.4 is 10.1 Å². The Kier molecular flexibility index (Phi) is 6.74. The zero-order valence-electron chi connectivity index (χ0n) is 17.0. The molecule has 1 N–H and O–H groups in total. The van der Waals surface area contributed by atoms with Crippen LogP contribution in [0.4, 0.5) is 10.5 Å². The van der Waals surface area contributed by atoms with E-state index in [2.05, 4.69) is 41.6 Å². The molecule has 0 unspecified atom stereocenters. The number of hydrogen-bond donors (Lipinski definition) is 1. The Morgan fingerprint density at radius 3 is 2.66 bits per heavy atom. The maximum absolute atomic E-state index is 12.9. The number of methoxy groups -OCH3 is 1. The van der Waals surface area contributed by atoms with E-state index in [-0.39, 0.29) is 6.03 Å². The Bertz CT molecular complexity index is 978. The lowest BCUT2D eigenvalue weighted by molar-refractivity contribution is 0.213. The number of para-hydroxylation sites is 2. The van der Waals surface area contributed by atoms with Crippen molar-refractivity contribution in [1.29, 1.82) is 0 Å². The van der Waals surface area contributed by atoms with E-state index in [1.165, 1.54) is 11.1 Å². The van der Waals surface area contributed by atoms with Crippen LogP contribution in [0.2, 0.25) is 0 Å². The topological polar surface area (TPSA) is 46.5 Å². The van der Waals surface area contributed by atoms with E-state index in [0.717, 1.165) is 12.2 Å². The van der Waals surface area contributed by atoms with Gasteiger partial charge >= 0.3 is 6.03 Å². The van der Waals surface area contributed by atoms with Gasteiger partial charge in [0, 0.05) is 25.0 Å². The van der Waals surface area contributed by atoms with Gasteiger partial charge in [-0.15, -0.1) is 6.58 Å². The van der Waals surface area contributed by atoms with Crippen LogP contribution in [0.1, 0.15) is 16.8 Å². The van der Waals surface area contributed by atoms with Crippen molar-refractivity contribution in [3.8, 4) is 5.75 Å².